The lowest BCUT2D eigenvalue weighted by molar-refractivity contribution is 0.422. The second-order valence-electron chi connectivity index (χ2n) is 1.24. The van der Waals surface area contributed by atoms with Gasteiger partial charge in [-0.25, -0.2) is 11.0 Å². The van der Waals surface area contributed by atoms with Crippen LogP contribution in [-0.2, 0) is 0 Å². The van der Waals surface area contributed by atoms with E-state index in [0.29, 0.717) is 0 Å². The third-order valence-electron chi connectivity index (χ3n) is 0.551. The molecule has 0 bridgehead atoms. The third-order valence-corrected chi connectivity index (χ3v) is 0.551. The lowest BCUT2D eigenvalue weighted by Crippen LogP contribution is -2.17. The predicted molar refractivity (Wildman–Crippen MR) is 35.0 cm³/mol. The summed E-state index contributed by atoms with van der Waals surface area (Å²) in [4.78, 5) is 0. The van der Waals surface area contributed by atoms with E-state index in [1.165, 1.54) is 5.12 Å². The highest BCUT2D eigenvalue weighted by Crippen LogP contribution is 1.77. The lowest BCUT2D eigenvalue weighted by atomic mass is 10.7. The molecule has 0 unspecified atom stereocenters. The molecule has 8 heavy (non-hydrogen) atoms. The molecule has 0 heterocycles. The maximum absolute atomic E-state index is 5.24. The zero-order valence-electron chi connectivity index (χ0n) is 5.20. The summed E-state index contributed by atoms with van der Waals surface area (Å²) in [6.45, 7) is 3.69. The van der Waals surface area contributed by atoms with E-state index in [2.05, 4.69) is 5.10 Å². The molecule has 0 atom stereocenters. The highest BCUT2D eigenvalue weighted by atomic mass is 15.6. The topological polar surface area (TPSA) is 41.6 Å². The van der Waals surface area contributed by atoms with E-state index >= 15 is 0 Å². The van der Waals surface area contributed by atoms with Crippen LogP contribution in [0.4, 0.5) is 0 Å². The van der Waals surface area contributed by atoms with E-state index < -0.39 is 0 Å². The number of rotatable bonds is 2. The van der Waals surface area contributed by atoms with Gasteiger partial charge in [0, 0.05) is 12.4 Å². The lowest BCUT2D eigenvalue weighted by Gasteiger charge is -2.01. The second kappa shape index (κ2) is 4.33. The van der Waals surface area contributed by atoms with E-state index in [-0.39, 0.29) is 0 Å². The van der Waals surface area contributed by atoms with Crippen LogP contribution in [0.25, 0.3) is 0 Å². The zero-order chi connectivity index (χ0) is 6.41. The summed E-state index contributed by atoms with van der Waals surface area (Å²) >= 11 is 0. The van der Waals surface area contributed by atoms with E-state index in [4.69, 9.17) is 5.84 Å². The summed E-state index contributed by atoms with van der Waals surface area (Å²) in [5, 5.41) is 4.96. The molecule has 3 nitrogen and oxygen atoms in total. The van der Waals surface area contributed by atoms with Gasteiger partial charge in [-0.15, -0.1) is 0 Å². The molecule has 0 aromatic rings. The van der Waals surface area contributed by atoms with Crippen LogP contribution in [0.3, 0.4) is 0 Å². The summed E-state index contributed by atoms with van der Waals surface area (Å²) in [5.41, 5.74) is 0. The first-order chi connectivity index (χ1) is 3.81. The molecule has 0 aliphatic carbocycles. The zero-order valence-corrected chi connectivity index (χ0v) is 5.20. The smallest absolute Gasteiger partial charge is 0.0372 e. The van der Waals surface area contributed by atoms with E-state index in [1.807, 2.05) is 19.9 Å². The van der Waals surface area contributed by atoms with Crippen molar-refractivity contribution in [3.8, 4) is 0 Å². The molecule has 0 rings (SSSR count). The van der Waals surface area contributed by atoms with Crippen LogP contribution in [0.5, 0.6) is 0 Å². The van der Waals surface area contributed by atoms with Crippen LogP contribution >= 0.6 is 0 Å². The summed E-state index contributed by atoms with van der Waals surface area (Å²) in [6, 6.07) is 0. The fourth-order valence-electron chi connectivity index (χ4n) is 0.325. The van der Waals surface area contributed by atoms with Gasteiger partial charge in [0.15, 0.2) is 0 Å². The standard InChI is InChI=1S/C5H11N3/c1-3-5-8(6)7-4-2/h3-5H,6H2,1-2H3/b5-3-,7-4-. The summed E-state index contributed by atoms with van der Waals surface area (Å²) < 4.78 is 0. The van der Waals surface area contributed by atoms with Crippen molar-refractivity contribution in [3.05, 3.63) is 12.3 Å². The number of allylic oxidation sites excluding steroid dienone is 1. The van der Waals surface area contributed by atoms with Gasteiger partial charge in [0.05, 0.1) is 0 Å². The van der Waals surface area contributed by atoms with E-state index in [0.717, 1.165) is 0 Å². The van der Waals surface area contributed by atoms with Gasteiger partial charge in [0.2, 0.25) is 0 Å². The third kappa shape index (κ3) is 3.36. The van der Waals surface area contributed by atoms with Gasteiger partial charge in [-0.3, -0.25) is 0 Å². The first-order valence-electron chi connectivity index (χ1n) is 2.46. The van der Waals surface area contributed by atoms with Gasteiger partial charge in [-0.2, -0.15) is 5.10 Å². The molecule has 0 aliphatic rings. The maximum Gasteiger partial charge on any atom is 0.0372 e. The number of nitrogens with zero attached hydrogens (tertiary/aromatic N) is 2. The van der Waals surface area contributed by atoms with Crippen LogP contribution in [-0.4, -0.2) is 11.3 Å². The van der Waals surface area contributed by atoms with Gasteiger partial charge < -0.3 is 0 Å². The Hall–Kier alpha value is -0.830. The highest BCUT2D eigenvalue weighted by Gasteiger charge is 1.75. The summed E-state index contributed by atoms with van der Waals surface area (Å²) in [5.74, 6) is 5.24. The Morgan fingerprint density at radius 3 is 2.50 bits per heavy atom. The molecule has 0 saturated carbocycles. The Bertz CT molecular complexity index is 83.8. The molecule has 3 heteroatoms. The molecule has 0 fully saturated rings. The van der Waals surface area contributed by atoms with Gasteiger partial charge in [-0.05, 0) is 13.8 Å². The second-order valence-corrected chi connectivity index (χ2v) is 1.24. The Morgan fingerprint density at radius 2 is 2.12 bits per heavy atom. The number of hydrogen-bond donors (Lipinski definition) is 1. The molecule has 0 saturated heterocycles. The predicted octanol–water partition coefficient (Wildman–Crippen LogP) is 0.701. The Morgan fingerprint density at radius 1 is 1.50 bits per heavy atom. The van der Waals surface area contributed by atoms with Crippen molar-refractivity contribution in [2.24, 2.45) is 10.9 Å². The van der Waals surface area contributed by atoms with E-state index in [1.54, 1.807) is 12.4 Å². The minimum atomic E-state index is 1.25. The average molecular weight is 113 g/mol. The SMILES string of the molecule is C/C=C\N(N)/N=C\C. The van der Waals surface area contributed by atoms with Gasteiger partial charge >= 0.3 is 0 Å². The molecule has 2 N–H and O–H groups in total. The van der Waals surface area contributed by atoms with Crippen LogP contribution in [0.15, 0.2) is 17.4 Å². The minimum Gasteiger partial charge on any atom is -0.227 e. The average Bonchev–Trinajstić information content (AvgIpc) is 1.68. The molecular formula is C5H11N3. The van der Waals surface area contributed by atoms with Crippen molar-refractivity contribution in [1.29, 1.82) is 0 Å². The van der Waals surface area contributed by atoms with Crippen molar-refractivity contribution in [3.63, 3.8) is 0 Å². The van der Waals surface area contributed by atoms with Crippen LogP contribution in [0.1, 0.15) is 13.8 Å². The Balaban J connectivity index is 3.47. The summed E-state index contributed by atoms with van der Waals surface area (Å²) in [7, 11) is 0. The normalized spacial score (nSPS) is 11.4. The van der Waals surface area contributed by atoms with Gasteiger partial charge in [-0.1, -0.05) is 6.08 Å². The Labute approximate surface area is 49.4 Å². The monoisotopic (exact) mass is 113 g/mol. The molecule has 0 radical (unpaired) electrons. The molecule has 46 valence electrons. The number of hydrazone groups is 1. The molecule has 0 spiro atoms. The maximum atomic E-state index is 5.24. The fraction of sp³-hybridized carbons (Fsp3) is 0.400. The number of hydrazine groups is 1. The van der Waals surface area contributed by atoms with Crippen molar-refractivity contribution >= 4 is 6.21 Å². The van der Waals surface area contributed by atoms with Crippen molar-refractivity contribution in [2.45, 2.75) is 13.8 Å². The van der Waals surface area contributed by atoms with Crippen LogP contribution in [0.2, 0.25) is 0 Å². The van der Waals surface area contributed by atoms with Gasteiger partial charge in [0.25, 0.3) is 0 Å². The van der Waals surface area contributed by atoms with Gasteiger partial charge in [0.1, 0.15) is 0 Å². The molecule has 0 amide bonds. The van der Waals surface area contributed by atoms with Crippen molar-refractivity contribution < 1.29 is 0 Å². The first kappa shape index (κ1) is 7.17. The van der Waals surface area contributed by atoms with Crippen LogP contribution in [0, 0.1) is 0 Å². The van der Waals surface area contributed by atoms with Crippen LogP contribution < -0.4 is 5.84 Å². The molecule has 0 aromatic heterocycles. The minimum absolute atomic E-state index is 1.25. The first-order valence-corrected chi connectivity index (χ1v) is 2.46. The number of nitrogens with two attached hydrogens (primary N) is 1. The Kier molecular flexibility index (Phi) is 3.88. The molecule has 0 aromatic carbocycles. The number of hydrogen-bond acceptors (Lipinski definition) is 3. The largest absolute Gasteiger partial charge is 0.227 e. The summed E-state index contributed by atoms with van der Waals surface area (Å²) in [6.07, 6.45) is 5.10. The van der Waals surface area contributed by atoms with E-state index in [9.17, 15) is 0 Å². The van der Waals surface area contributed by atoms with Crippen molar-refractivity contribution in [2.75, 3.05) is 0 Å². The fourth-order valence-corrected chi connectivity index (χ4v) is 0.325. The molecule has 0 aliphatic heterocycles. The highest BCUT2D eigenvalue weighted by molar-refractivity contribution is 5.52. The quantitative estimate of drug-likeness (QED) is 0.325. The molecular weight excluding hydrogens is 102 g/mol. The van der Waals surface area contributed by atoms with Crippen molar-refractivity contribution in [1.82, 2.24) is 5.12 Å².